The van der Waals surface area contributed by atoms with Crippen molar-refractivity contribution in [2.75, 3.05) is 5.75 Å². The van der Waals surface area contributed by atoms with Crippen molar-refractivity contribution in [2.24, 2.45) is 7.05 Å². The van der Waals surface area contributed by atoms with Crippen LogP contribution in [0.2, 0.25) is 0 Å². The number of H-pyrrole nitrogens is 1. The Morgan fingerprint density at radius 1 is 1.73 bits per heavy atom. The minimum Gasteiger partial charge on any atom is -0.478 e. The molecule has 0 unspecified atom stereocenters. The molecule has 0 aliphatic rings. The lowest BCUT2D eigenvalue weighted by Crippen LogP contribution is -2.12. The minimum absolute atomic E-state index is 0.280. The van der Waals surface area contributed by atoms with E-state index in [-0.39, 0.29) is 5.69 Å². The molecule has 0 spiro atoms. The van der Waals surface area contributed by atoms with E-state index < -0.39 is 5.97 Å². The third-order valence-corrected chi connectivity index (χ3v) is 2.86. The molecule has 0 fully saturated rings. The van der Waals surface area contributed by atoms with Gasteiger partial charge in [0.25, 0.3) is 0 Å². The normalized spacial score (nSPS) is 11.7. The van der Waals surface area contributed by atoms with Crippen LogP contribution in [0.15, 0.2) is 21.6 Å². The van der Waals surface area contributed by atoms with Gasteiger partial charge in [0.2, 0.25) is 0 Å². The maximum atomic E-state index is 11.0. The summed E-state index contributed by atoms with van der Waals surface area (Å²) in [5.74, 6) is -0.478. The van der Waals surface area contributed by atoms with Gasteiger partial charge in [-0.1, -0.05) is 17.3 Å². The molecule has 0 amide bonds. The summed E-state index contributed by atoms with van der Waals surface area (Å²) in [4.78, 5) is 21.3. The van der Waals surface area contributed by atoms with E-state index in [1.807, 2.05) is 0 Å². The molecule has 2 N–H and O–H groups in total. The lowest BCUT2D eigenvalue weighted by molar-refractivity contribution is -0.131. The first kappa shape index (κ1) is 11.6. The van der Waals surface area contributed by atoms with Crippen molar-refractivity contribution in [3.05, 3.63) is 22.1 Å². The zero-order valence-corrected chi connectivity index (χ0v) is 9.17. The van der Waals surface area contributed by atoms with Crippen molar-refractivity contribution < 1.29 is 9.90 Å². The van der Waals surface area contributed by atoms with E-state index in [0.717, 1.165) is 6.08 Å². The lowest BCUT2D eigenvalue weighted by atomic mass is 10.3. The van der Waals surface area contributed by atoms with Gasteiger partial charge in [-0.05, 0) is 6.92 Å². The zero-order chi connectivity index (χ0) is 11.4. The number of aliphatic carboxylic acids is 1. The minimum atomic E-state index is -0.969. The van der Waals surface area contributed by atoms with Crippen LogP contribution in [0.4, 0.5) is 0 Å². The van der Waals surface area contributed by atoms with Crippen LogP contribution >= 0.6 is 11.8 Å². The van der Waals surface area contributed by atoms with E-state index in [4.69, 9.17) is 5.11 Å². The molecule has 82 valence electrons. The Balaban J connectivity index is 2.62. The number of hydrogen-bond donors (Lipinski definition) is 2. The fourth-order valence-electron chi connectivity index (χ4n) is 0.892. The summed E-state index contributed by atoms with van der Waals surface area (Å²) < 4.78 is 1.37. The standard InChI is InChI=1S/C8H11N3O3S/c1-5(3-6(12)13)4-15-8-10-9-7(14)11(8)2/h3H,4H2,1-2H3,(H,9,14)(H,12,13). The first-order valence-corrected chi connectivity index (χ1v) is 5.13. The molecule has 1 aromatic rings. The van der Waals surface area contributed by atoms with Crippen molar-refractivity contribution in [3.63, 3.8) is 0 Å². The maximum absolute atomic E-state index is 11.0. The maximum Gasteiger partial charge on any atom is 0.343 e. The van der Waals surface area contributed by atoms with Gasteiger partial charge >= 0.3 is 11.7 Å². The Kier molecular flexibility index (Phi) is 3.73. The van der Waals surface area contributed by atoms with Gasteiger partial charge in [0.05, 0.1) is 0 Å². The van der Waals surface area contributed by atoms with Crippen molar-refractivity contribution >= 4 is 17.7 Å². The summed E-state index contributed by atoms with van der Waals surface area (Å²) in [6.45, 7) is 1.71. The van der Waals surface area contributed by atoms with Crippen LogP contribution in [0.25, 0.3) is 0 Å². The molecule has 7 heteroatoms. The molecule has 0 radical (unpaired) electrons. The van der Waals surface area contributed by atoms with E-state index in [1.165, 1.54) is 16.3 Å². The summed E-state index contributed by atoms with van der Waals surface area (Å²) in [6.07, 6.45) is 1.14. The number of rotatable bonds is 4. The molecular weight excluding hydrogens is 218 g/mol. The predicted octanol–water partition coefficient (Wildman–Crippen LogP) is 0.231. The monoisotopic (exact) mass is 229 g/mol. The number of nitrogens with zero attached hydrogens (tertiary/aromatic N) is 2. The van der Waals surface area contributed by atoms with Crippen LogP contribution in [0, 0.1) is 0 Å². The number of carbonyl (C=O) groups is 1. The highest BCUT2D eigenvalue weighted by molar-refractivity contribution is 7.99. The van der Waals surface area contributed by atoms with Gasteiger partial charge in [0.1, 0.15) is 0 Å². The molecule has 0 bridgehead atoms. The van der Waals surface area contributed by atoms with Crippen molar-refractivity contribution in [3.8, 4) is 0 Å². The van der Waals surface area contributed by atoms with Crippen molar-refractivity contribution in [1.82, 2.24) is 14.8 Å². The molecule has 6 nitrogen and oxygen atoms in total. The molecule has 1 heterocycles. The van der Waals surface area contributed by atoms with E-state index in [1.54, 1.807) is 14.0 Å². The molecule has 15 heavy (non-hydrogen) atoms. The summed E-state index contributed by atoms with van der Waals surface area (Å²) in [6, 6.07) is 0. The summed E-state index contributed by atoms with van der Waals surface area (Å²) in [5, 5.41) is 15.1. The van der Waals surface area contributed by atoms with Crippen LogP contribution in [0.1, 0.15) is 6.92 Å². The van der Waals surface area contributed by atoms with E-state index in [9.17, 15) is 9.59 Å². The summed E-state index contributed by atoms with van der Waals surface area (Å²) in [7, 11) is 1.60. The fraction of sp³-hybridized carbons (Fsp3) is 0.375. The number of nitrogens with one attached hydrogen (secondary N) is 1. The number of carboxylic acids is 1. The molecule has 1 aromatic heterocycles. The molecule has 0 saturated heterocycles. The second-order valence-electron chi connectivity index (χ2n) is 2.99. The Labute approximate surface area is 90.0 Å². The summed E-state index contributed by atoms with van der Waals surface area (Å²) in [5.41, 5.74) is 0.431. The third-order valence-electron chi connectivity index (χ3n) is 1.64. The van der Waals surface area contributed by atoms with Gasteiger partial charge in [-0.25, -0.2) is 14.7 Å². The average molecular weight is 229 g/mol. The smallest absolute Gasteiger partial charge is 0.343 e. The Morgan fingerprint density at radius 2 is 2.40 bits per heavy atom. The molecule has 0 saturated carbocycles. The third kappa shape index (κ3) is 3.28. The van der Waals surface area contributed by atoms with E-state index in [0.29, 0.717) is 16.5 Å². The van der Waals surface area contributed by atoms with Gasteiger partial charge in [-0.2, -0.15) is 0 Å². The van der Waals surface area contributed by atoms with Gasteiger partial charge in [0.15, 0.2) is 5.16 Å². The summed E-state index contributed by atoms with van der Waals surface area (Å²) >= 11 is 1.31. The van der Waals surface area contributed by atoms with Crippen LogP contribution in [0.3, 0.4) is 0 Å². The van der Waals surface area contributed by atoms with Gasteiger partial charge in [0, 0.05) is 18.9 Å². The first-order chi connectivity index (χ1) is 7.00. The van der Waals surface area contributed by atoms with E-state index in [2.05, 4.69) is 10.2 Å². The number of hydrogen-bond acceptors (Lipinski definition) is 4. The second-order valence-corrected chi connectivity index (χ2v) is 3.93. The van der Waals surface area contributed by atoms with Gasteiger partial charge in [-0.15, -0.1) is 5.10 Å². The molecule has 0 aromatic carbocycles. The van der Waals surface area contributed by atoms with Crippen LogP contribution in [-0.4, -0.2) is 31.6 Å². The topological polar surface area (TPSA) is 88.0 Å². The van der Waals surface area contributed by atoms with Crippen LogP contribution < -0.4 is 5.69 Å². The number of thioether (sulfide) groups is 1. The van der Waals surface area contributed by atoms with Crippen molar-refractivity contribution in [1.29, 1.82) is 0 Å². The van der Waals surface area contributed by atoms with E-state index >= 15 is 0 Å². The largest absolute Gasteiger partial charge is 0.478 e. The first-order valence-electron chi connectivity index (χ1n) is 4.15. The number of aromatic amines is 1. The van der Waals surface area contributed by atoms with Crippen LogP contribution in [-0.2, 0) is 11.8 Å². The molecule has 0 aliphatic carbocycles. The highest BCUT2D eigenvalue weighted by Crippen LogP contribution is 2.15. The molecular formula is C8H11N3O3S. The van der Waals surface area contributed by atoms with Crippen molar-refractivity contribution in [2.45, 2.75) is 12.1 Å². The molecule has 0 atom stereocenters. The highest BCUT2D eigenvalue weighted by atomic mass is 32.2. The van der Waals surface area contributed by atoms with Crippen LogP contribution in [0.5, 0.6) is 0 Å². The quantitative estimate of drug-likeness (QED) is 0.570. The fourth-order valence-corrected chi connectivity index (χ4v) is 1.72. The Hall–Kier alpha value is -1.50. The zero-order valence-electron chi connectivity index (χ0n) is 8.35. The average Bonchev–Trinajstić information content (AvgIpc) is 2.44. The molecule has 0 aliphatic heterocycles. The highest BCUT2D eigenvalue weighted by Gasteiger charge is 2.04. The Bertz CT molecular complexity index is 446. The predicted molar refractivity (Wildman–Crippen MR) is 55.9 cm³/mol. The second kappa shape index (κ2) is 4.83. The SMILES string of the molecule is CC(=CC(=O)O)CSc1n[nH]c(=O)n1C. The number of carboxylic acid groups (broad SMARTS) is 1. The molecule has 1 rings (SSSR count). The van der Waals surface area contributed by atoms with Gasteiger partial charge < -0.3 is 5.11 Å². The van der Waals surface area contributed by atoms with Gasteiger partial charge in [-0.3, -0.25) is 4.57 Å². The number of aromatic nitrogens is 3. The lowest BCUT2D eigenvalue weighted by Gasteiger charge is -1.99. The Morgan fingerprint density at radius 3 is 2.87 bits per heavy atom.